The van der Waals surface area contributed by atoms with Gasteiger partial charge in [-0.05, 0) is 11.6 Å². The molecule has 0 saturated carbocycles. The summed E-state index contributed by atoms with van der Waals surface area (Å²) in [4.78, 5) is 4.52. The first kappa shape index (κ1) is 10.4. The highest BCUT2D eigenvalue weighted by Gasteiger charge is 2.43. The number of nitrogens with one attached hydrogen (secondary N) is 1. The maximum absolute atomic E-state index is 6.15. The number of amidine groups is 1. The number of hydrogen-bond donors (Lipinski definition) is 1. The summed E-state index contributed by atoms with van der Waals surface area (Å²) in [5, 5.41) is 3.34. The van der Waals surface area contributed by atoms with E-state index < -0.39 is 0 Å². The van der Waals surface area contributed by atoms with Crippen LogP contribution < -0.4 is 10.1 Å². The Labute approximate surface area is 101 Å². The molecule has 88 valence electrons. The predicted molar refractivity (Wildman–Crippen MR) is 68.6 cm³/mol. The zero-order valence-electron chi connectivity index (χ0n) is 9.78. The molecular formula is C14H16N2O. The van der Waals surface area contributed by atoms with Crippen molar-refractivity contribution in [3.8, 4) is 5.75 Å². The molecule has 3 nitrogen and oxygen atoms in total. The fourth-order valence-corrected chi connectivity index (χ4v) is 2.58. The molecule has 0 fully saturated rings. The average molecular weight is 228 g/mol. The molecule has 0 saturated heterocycles. The number of nitrogens with zero attached hydrogens (tertiary/aromatic N) is 1. The molecule has 2 aliphatic rings. The van der Waals surface area contributed by atoms with Gasteiger partial charge in [0.2, 0.25) is 0 Å². The van der Waals surface area contributed by atoms with E-state index in [1.165, 1.54) is 5.56 Å². The summed E-state index contributed by atoms with van der Waals surface area (Å²) in [7, 11) is 0. The molecular weight excluding hydrogens is 212 g/mol. The van der Waals surface area contributed by atoms with Crippen LogP contribution in [0.25, 0.3) is 0 Å². The van der Waals surface area contributed by atoms with E-state index in [0.29, 0.717) is 0 Å². The van der Waals surface area contributed by atoms with Gasteiger partial charge >= 0.3 is 0 Å². The highest BCUT2D eigenvalue weighted by atomic mass is 16.5. The Kier molecular flexibility index (Phi) is 2.39. The van der Waals surface area contributed by atoms with E-state index in [9.17, 15) is 0 Å². The standard InChI is InChI=1S/C14H16N2O/c1-2-7-14(13-15-8-9-16-13)10-11-5-3-4-6-12(11)17-14/h2-6H,1,7-10H2,(H,15,16). The lowest BCUT2D eigenvalue weighted by Crippen LogP contribution is -2.48. The predicted octanol–water partition coefficient (Wildman–Crippen LogP) is 1.94. The van der Waals surface area contributed by atoms with Crippen molar-refractivity contribution in [2.75, 3.05) is 13.1 Å². The van der Waals surface area contributed by atoms with Crippen LogP contribution >= 0.6 is 0 Å². The van der Waals surface area contributed by atoms with Crippen LogP contribution in [0.1, 0.15) is 12.0 Å². The Morgan fingerprint density at radius 2 is 2.35 bits per heavy atom. The average Bonchev–Trinajstić information content (AvgIpc) is 2.96. The summed E-state index contributed by atoms with van der Waals surface area (Å²) in [6.07, 6.45) is 3.57. The number of ether oxygens (including phenoxy) is 1. The molecule has 1 unspecified atom stereocenters. The quantitative estimate of drug-likeness (QED) is 0.802. The van der Waals surface area contributed by atoms with Crippen LogP contribution in [0.2, 0.25) is 0 Å². The van der Waals surface area contributed by atoms with Gasteiger partial charge in [0.05, 0.1) is 6.54 Å². The van der Waals surface area contributed by atoms with Gasteiger partial charge in [-0.25, -0.2) is 0 Å². The van der Waals surface area contributed by atoms with Gasteiger partial charge in [-0.2, -0.15) is 0 Å². The van der Waals surface area contributed by atoms with Crippen molar-refractivity contribution in [3.05, 3.63) is 42.5 Å². The summed E-state index contributed by atoms with van der Waals surface area (Å²) in [5.41, 5.74) is 0.910. The summed E-state index contributed by atoms with van der Waals surface area (Å²) in [6, 6.07) is 8.20. The molecule has 0 aromatic heterocycles. The van der Waals surface area contributed by atoms with Gasteiger partial charge in [-0.3, -0.25) is 4.99 Å². The van der Waals surface area contributed by atoms with E-state index in [-0.39, 0.29) is 5.60 Å². The molecule has 0 radical (unpaired) electrons. The number of para-hydroxylation sites is 1. The SMILES string of the molecule is C=CCC1(C2=NCCN2)Cc2ccccc2O1. The number of rotatable bonds is 3. The summed E-state index contributed by atoms with van der Waals surface area (Å²) >= 11 is 0. The first-order chi connectivity index (χ1) is 8.34. The van der Waals surface area contributed by atoms with E-state index in [1.807, 2.05) is 18.2 Å². The van der Waals surface area contributed by atoms with E-state index in [2.05, 4.69) is 29.0 Å². The molecule has 0 spiro atoms. The number of hydrogen-bond acceptors (Lipinski definition) is 3. The first-order valence-corrected chi connectivity index (χ1v) is 6.01. The smallest absolute Gasteiger partial charge is 0.173 e. The Balaban J connectivity index is 1.97. The maximum atomic E-state index is 6.15. The van der Waals surface area contributed by atoms with E-state index >= 15 is 0 Å². The second-order valence-corrected chi connectivity index (χ2v) is 4.53. The zero-order valence-corrected chi connectivity index (χ0v) is 9.78. The van der Waals surface area contributed by atoms with Crippen LogP contribution in [-0.2, 0) is 6.42 Å². The van der Waals surface area contributed by atoms with Crippen molar-refractivity contribution in [1.82, 2.24) is 5.32 Å². The molecule has 1 N–H and O–H groups in total. The molecule has 17 heavy (non-hydrogen) atoms. The first-order valence-electron chi connectivity index (χ1n) is 6.01. The van der Waals surface area contributed by atoms with Gasteiger partial charge in [0.1, 0.15) is 11.6 Å². The molecule has 2 heterocycles. The summed E-state index contributed by atoms with van der Waals surface area (Å²) in [6.45, 7) is 5.59. The van der Waals surface area contributed by atoms with E-state index in [4.69, 9.17) is 4.74 Å². The highest BCUT2D eigenvalue weighted by Crippen LogP contribution is 2.38. The van der Waals surface area contributed by atoms with Crippen LogP contribution in [0, 0.1) is 0 Å². The third-order valence-electron chi connectivity index (χ3n) is 3.33. The Bertz CT molecular complexity index is 454. The van der Waals surface area contributed by atoms with Crippen LogP contribution in [0.5, 0.6) is 5.75 Å². The van der Waals surface area contributed by atoms with Gasteiger partial charge in [-0.15, -0.1) is 6.58 Å². The highest BCUT2D eigenvalue weighted by molar-refractivity contribution is 5.93. The largest absolute Gasteiger partial charge is 0.478 e. The lowest BCUT2D eigenvalue weighted by atomic mass is 9.92. The Morgan fingerprint density at radius 1 is 1.47 bits per heavy atom. The van der Waals surface area contributed by atoms with E-state index in [1.54, 1.807) is 0 Å². The zero-order chi connectivity index (χ0) is 11.7. The molecule has 0 aliphatic carbocycles. The van der Waals surface area contributed by atoms with Crippen molar-refractivity contribution < 1.29 is 4.74 Å². The van der Waals surface area contributed by atoms with Crippen molar-refractivity contribution >= 4 is 5.84 Å². The topological polar surface area (TPSA) is 33.6 Å². The van der Waals surface area contributed by atoms with Crippen molar-refractivity contribution in [3.63, 3.8) is 0 Å². The second kappa shape index (κ2) is 3.91. The minimum absolute atomic E-state index is 0.345. The van der Waals surface area contributed by atoms with Crippen LogP contribution in [0.15, 0.2) is 41.9 Å². The fourth-order valence-electron chi connectivity index (χ4n) is 2.58. The van der Waals surface area contributed by atoms with Gasteiger partial charge in [0, 0.05) is 19.4 Å². The molecule has 3 rings (SSSR count). The lowest BCUT2D eigenvalue weighted by Gasteiger charge is -2.27. The lowest BCUT2D eigenvalue weighted by molar-refractivity contribution is 0.170. The molecule has 2 aliphatic heterocycles. The normalized spacial score (nSPS) is 25.8. The minimum Gasteiger partial charge on any atom is -0.478 e. The summed E-state index contributed by atoms with van der Waals surface area (Å²) < 4.78 is 6.15. The minimum atomic E-state index is -0.345. The molecule has 3 heteroatoms. The molecule has 1 aromatic carbocycles. The number of fused-ring (bicyclic) bond motifs is 1. The third kappa shape index (κ3) is 1.62. The van der Waals surface area contributed by atoms with Crippen molar-refractivity contribution in [2.45, 2.75) is 18.4 Å². The van der Waals surface area contributed by atoms with Gasteiger partial charge in [0.15, 0.2) is 5.60 Å². The van der Waals surface area contributed by atoms with Gasteiger partial charge in [-0.1, -0.05) is 24.3 Å². The van der Waals surface area contributed by atoms with Gasteiger partial charge < -0.3 is 10.1 Å². The molecule has 0 amide bonds. The van der Waals surface area contributed by atoms with Crippen molar-refractivity contribution in [2.24, 2.45) is 4.99 Å². The molecule has 1 aromatic rings. The number of benzene rings is 1. The van der Waals surface area contributed by atoms with E-state index in [0.717, 1.165) is 37.5 Å². The maximum Gasteiger partial charge on any atom is 0.173 e. The van der Waals surface area contributed by atoms with Crippen LogP contribution in [0.3, 0.4) is 0 Å². The van der Waals surface area contributed by atoms with Crippen molar-refractivity contribution in [1.29, 1.82) is 0 Å². The van der Waals surface area contributed by atoms with Crippen LogP contribution in [-0.4, -0.2) is 24.5 Å². The fraction of sp³-hybridized carbons (Fsp3) is 0.357. The van der Waals surface area contributed by atoms with Crippen LogP contribution in [0.4, 0.5) is 0 Å². The molecule has 0 bridgehead atoms. The molecule has 1 atom stereocenters. The second-order valence-electron chi connectivity index (χ2n) is 4.53. The summed E-state index contributed by atoms with van der Waals surface area (Å²) in [5.74, 6) is 1.96. The Morgan fingerprint density at radius 3 is 3.06 bits per heavy atom. The Hall–Kier alpha value is -1.77. The number of aliphatic imine (C=N–C) groups is 1. The monoisotopic (exact) mass is 228 g/mol. The third-order valence-corrected chi connectivity index (χ3v) is 3.33. The van der Waals surface area contributed by atoms with Gasteiger partial charge in [0.25, 0.3) is 0 Å².